The van der Waals surface area contributed by atoms with Gasteiger partial charge in [0.1, 0.15) is 11.4 Å². The molecule has 0 unspecified atom stereocenters. The lowest BCUT2D eigenvalue weighted by atomic mass is 9.99. The highest BCUT2D eigenvalue weighted by Gasteiger charge is 2.26. The van der Waals surface area contributed by atoms with Gasteiger partial charge >= 0.3 is 0 Å². The zero-order valence-electron chi connectivity index (χ0n) is 17.8. The van der Waals surface area contributed by atoms with Crippen LogP contribution in [0.5, 0.6) is 11.5 Å². The number of nitrogens with one attached hydrogen (secondary N) is 1. The van der Waals surface area contributed by atoms with Gasteiger partial charge in [0.2, 0.25) is 5.28 Å². The number of piperidine rings is 1. The molecule has 0 saturated carbocycles. The maximum Gasteiger partial charge on any atom is 0.224 e. The van der Waals surface area contributed by atoms with E-state index in [1.54, 1.807) is 6.20 Å². The number of anilines is 1. The fraction of sp³-hybridized carbons (Fsp3) is 0.478. The molecule has 30 heavy (non-hydrogen) atoms. The Balaban J connectivity index is 1.40. The van der Waals surface area contributed by atoms with E-state index in [-0.39, 0.29) is 10.9 Å². The molecule has 1 saturated heterocycles. The van der Waals surface area contributed by atoms with E-state index in [2.05, 4.69) is 58.3 Å². The Morgan fingerprint density at radius 1 is 1.30 bits per heavy atom. The number of fused-ring (bicyclic) bond motifs is 1. The van der Waals surface area contributed by atoms with E-state index in [9.17, 15) is 0 Å². The van der Waals surface area contributed by atoms with Crippen LogP contribution in [0.1, 0.15) is 44.7 Å². The minimum atomic E-state index is -0.316. The van der Waals surface area contributed by atoms with Crippen LogP contribution < -0.4 is 14.8 Å². The molecule has 1 fully saturated rings. The molecule has 2 aromatic rings. The van der Waals surface area contributed by atoms with Crippen LogP contribution in [0.4, 0.5) is 5.82 Å². The van der Waals surface area contributed by atoms with E-state index in [0.29, 0.717) is 12.6 Å². The Hall–Kier alpha value is -2.31. The molecule has 4 rings (SSSR count). The molecule has 6 nitrogen and oxygen atoms in total. The normalized spacial score (nSPS) is 18.5. The first kappa shape index (κ1) is 20.9. The predicted molar refractivity (Wildman–Crippen MR) is 120 cm³/mol. The highest BCUT2D eigenvalue weighted by atomic mass is 35.5. The van der Waals surface area contributed by atoms with E-state index in [1.165, 1.54) is 5.56 Å². The van der Waals surface area contributed by atoms with Gasteiger partial charge in [-0.2, -0.15) is 0 Å². The molecule has 3 heterocycles. The van der Waals surface area contributed by atoms with Crippen LogP contribution in [-0.4, -0.2) is 46.2 Å². The van der Waals surface area contributed by atoms with Crippen molar-refractivity contribution in [2.75, 3.05) is 25.0 Å². The van der Waals surface area contributed by atoms with Crippen LogP contribution in [0.15, 0.2) is 30.5 Å². The average molecular weight is 429 g/mol. The van der Waals surface area contributed by atoms with Crippen molar-refractivity contribution >= 4 is 23.5 Å². The van der Waals surface area contributed by atoms with E-state index < -0.39 is 0 Å². The molecule has 1 N–H and O–H groups in total. The topological polar surface area (TPSA) is 59.5 Å². The molecule has 0 atom stereocenters. The Bertz CT molecular complexity index is 923. The minimum Gasteiger partial charge on any atom is -0.490 e. The second-order valence-corrected chi connectivity index (χ2v) is 8.73. The molecule has 0 aliphatic carbocycles. The van der Waals surface area contributed by atoms with Crippen LogP contribution in [0.3, 0.4) is 0 Å². The molecular formula is C23H29ClN4O2. The van der Waals surface area contributed by atoms with Gasteiger partial charge in [-0.1, -0.05) is 6.08 Å². The second kappa shape index (κ2) is 8.82. The maximum absolute atomic E-state index is 6.17. The summed E-state index contributed by atoms with van der Waals surface area (Å²) < 4.78 is 12.1. The highest BCUT2D eigenvalue weighted by molar-refractivity contribution is 6.28. The van der Waals surface area contributed by atoms with Crippen LogP contribution in [-0.2, 0) is 6.54 Å². The number of halogens is 1. The van der Waals surface area contributed by atoms with Crippen LogP contribution >= 0.6 is 11.6 Å². The lowest BCUT2D eigenvalue weighted by Gasteiger charge is -2.33. The summed E-state index contributed by atoms with van der Waals surface area (Å²) in [5, 5.41) is 3.75. The molecule has 0 bridgehead atoms. The lowest BCUT2D eigenvalue weighted by molar-refractivity contribution is 0.149. The largest absolute Gasteiger partial charge is 0.490 e. The Labute approximate surface area is 183 Å². The van der Waals surface area contributed by atoms with Crippen molar-refractivity contribution in [2.45, 2.75) is 51.8 Å². The van der Waals surface area contributed by atoms with Gasteiger partial charge in [-0.15, -0.1) is 0 Å². The van der Waals surface area contributed by atoms with E-state index in [0.717, 1.165) is 55.4 Å². The summed E-state index contributed by atoms with van der Waals surface area (Å²) in [5.41, 5.74) is 2.02. The van der Waals surface area contributed by atoms with Crippen LogP contribution in [0.25, 0.3) is 6.08 Å². The number of hydrogen-bond donors (Lipinski definition) is 1. The fourth-order valence-corrected chi connectivity index (χ4v) is 4.12. The summed E-state index contributed by atoms with van der Waals surface area (Å²) in [6.45, 7) is 9.69. The summed E-state index contributed by atoms with van der Waals surface area (Å²) in [6, 6.07) is 6.60. The first-order chi connectivity index (χ1) is 14.4. The zero-order chi connectivity index (χ0) is 21.1. The third-order valence-electron chi connectivity index (χ3n) is 5.44. The number of nitrogens with zero attached hydrogens (tertiary/aromatic N) is 3. The zero-order valence-corrected chi connectivity index (χ0v) is 18.6. The Morgan fingerprint density at radius 2 is 2.10 bits per heavy atom. The molecule has 1 aromatic heterocycles. The summed E-state index contributed by atoms with van der Waals surface area (Å²) in [6.07, 6.45) is 8.04. The number of hydrogen-bond acceptors (Lipinski definition) is 6. The number of aromatic nitrogens is 2. The van der Waals surface area contributed by atoms with Crippen molar-refractivity contribution in [1.82, 2.24) is 14.9 Å². The first-order valence-corrected chi connectivity index (χ1v) is 10.9. The summed E-state index contributed by atoms with van der Waals surface area (Å²) in [5.74, 6) is 2.47. The monoisotopic (exact) mass is 428 g/mol. The lowest BCUT2D eigenvalue weighted by Crippen LogP contribution is -2.38. The number of likely N-dealkylation sites (tertiary alicyclic amines) is 1. The van der Waals surface area contributed by atoms with Crippen molar-refractivity contribution in [3.05, 3.63) is 46.9 Å². The van der Waals surface area contributed by atoms with Crippen molar-refractivity contribution in [3.63, 3.8) is 0 Å². The first-order valence-electron chi connectivity index (χ1n) is 10.6. The van der Waals surface area contributed by atoms with Gasteiger partial charge in [0.25, 0.3) is 0 Å². The van der Waals surface area contributed by atoms with E-state index >= 15 is 0 Å². The Kier molecular flexibility index (Phi) is 6.16. The van der Waals surface area contributed by atoms with Gasteiger partial charge < -0.3 is 14.8 Å². The standard InChI is InChI=1S/C23H29ClN4O2/c1-4-29-19-14-16(13-17-5-9-23(2,3)30-21(17)19)15-28-11-7-18(8-12-28)26-20-6-10-25-22(24)27-20/h5-6,9-10,13-14,18H,4,7-8,11-12,15H2,1-3H3,(H,25,26,27). The van der Waals surface area contributed by atoms with E-state index in [1.807, 2.05) is 13.0 Å². The smallest absolute Gasteiger partial charge is 0.224 e. The van der Waals surface area contributed by atoms with Gasteiger partial charge in [0.05, 0.1) is 6.61 Å². The summed E-state index contributed by atoms with van der Waals surface area (Å²) >= 11 is 5.88. The molecule has 0 spiro atoms. The van der Waals surface area contributed by atoms with Gasteiger partial charge in [0.15, 0.2) is 11.5 Å². The summed E-state index contributed by atoms with van der Waals surface area (Å²) in [7, 11) is 0. The number of rotatable bonds is 6. The SMILES string of the molecule is CCOc1cc(CN2CCC(Nc3ccnc(Cl)n3)CC2)cc2c1OC(C)(C)C=C2. The molecule has 1 aromatic carbocycles. The quantitative estimate of drug-likeness (QED) is 0.667. The minimum absolute atomic E-state index is 0.274. The van der Waals surface area contributed by atoms with Crippen molar-refractivity contribution < 1.29 is 9.47 Å². The molecule has 160 valence electrons. The van der Waals surface area contributed by atoms with Gasteiger partial charge in [-0.3, -0.25) is 4.90 Å². The van der Waals surface area contributed by atoms with Crippen LogP contribution in [0, 0.1) is 0 Å². The van der Waals surface area contributed by atoms with Crippen molar-refractivity contribution in [2.24, 2.45) is 0 Å². The van der Waals surface area contributed by atoms with Gasteiger partial charge in [0, 0.05) is 37.4 Å². The van der Waals surface area contributed by atoms with Gasteiger partial charge in [-0.05, 0) is 75.1 Å². The molecule has 0 radical (unpaired) electrons. The molecule has 7 heteroatoms. The molecular weight excluding hydrogens is 400 g/mol. The maximum atomic E-state index is 6.17. The Morgan fingerprint density at radius 3 is 2.83 bits per heavy atom. The highest BCUT2D eigenvalue weighted by Crippen LogP contribution is 2.40. The van der Waals surface area contributed by atoms with Crippen molar-refractivity contribution in [3.8, 4) is 11.5 Å². The summed E-state index contributed by atoms with van der Waals surface area (Å²) in [4.78, 5) is 10.6. The predicted octanol–water partition coefficient (Wildman–Crippen LogP) is 4.79. The van der Waals surface area contributed by atoms with Crippen LogP contribution in [0.2, 0.25) is 5.28 Å². The average Bonchev–Trinajstić information content (AvgIpc) is 2.70. The van der Waals surface area contributed by atoms with Crippen molar-refractivity contribution in [1.29, 1.82) is 0 Å². The third kappa shape index (κ3) is 5.05. The molecule has 0 amide bonds. The second-order valence-electron chi connectivity index (χ2n) is 8.39. The molecule has 2 aliphatic rings. The number of benzene rings is 1. The van der Waals surface area contributed by atoms with Gasteiger partial charge in [-0.25, -0.2) is 9.97 Å². The van der Waals surface area contributed by atoms with E-state index in [4.69, 9.17) is 21.1 Å². The fourth-order valence-electron chi connectivity index (χ4n) is 3.98. The number of ether oxygens (including phenoxy) is 2. The third-order valence-corrected chi connectivity index (χ3v) is 5.63. The molecule has 2 aliphatic heterocycles.